The highest BCUT2D eigenvalue weighted by atomic mass is 79.9. The Morgan fingerprint density at radius 3 is 2.68 bits per heavy atom. The lowest BCUT2D eigenvalue weighted by Crippen LogP contribution is -2.38. The van der Waals surface area contributed by atoms with Gasteiger partial charge in [0, 0.05) is 28.1 Å². The molecule has 0 aliphatic rings. The van der Waals surface area contributed by atoms with E-state index in [9.17, 15) is 0 Å². The first-order chi connectivity index (χ1) is 9.02. The van der Waals surface area contributed by atoms with Gasteiger partial charge in [-0.15, -0.1) is 11.3 Å². The molecule has 1 unspecified atom stereocenters. The molecular formula is C13H19BrN4S. The van der Waals surface area contributed by atoms with E-state index in [0.29, 0.717) is 0 Å². The van der Waals surface area contributed by atoms with Gasteiger partial charge in [-0.05, 0) is 59.6 Å². The van der Waals surface area contributed by atoms with E-state index in [1.54, 1.807) is 11.3 Å². The Morgan fingerprint density at radius 1 is 1.47 bits per heavy atom. The second kappa shape index (κ2) is 6.17. The molecule has 2 aromatic heterocycles. The molecule has 2 rings (SSSR count). The van der Waals surface area contributed by atoms with Crippen molar-refractivity contribution >= 4 is 27.3 Å². The lowest BCUT2D eigenvalue weighted by atomic mass is 10.0. The number of aryl methyl sites for hydroxylation is 2. The van der Waals surface area contributed by atoms with Crippen molar-refractivity contribution in [3.63, 3.8) is 0 Å². The third kappa shape index (κ3) is 3.25. The Bertz CT molecular complexity index is 561. The van der Waals surface area contributed by atoms with Gasteiger partial charge in [-0.25, -0.2) is 0 Å². The zero-order valence-electron chi connectivity index (χ0n) is 11.4. The quantitative estimate of drug-likeness (QED) is 0.648. The molecular weight excluding hydrogens is 324 g/mol. The predicted octanol–water partition coefficient (Wildman–Crippen LogP) is 2.48. The van der Waals surface area contributed by atoms with Crippen LogP contribution >= 0.6 is 27.3 Å². The summed E-state index contributed by atoms with van der Waals surface area (Å²) in [6.07, 6.45) is 1.81. The van der Waals surface area contributed by atoms with Gasteiger partial charge in [0.1, 0.15) is 0 Å². The summed E-state index contributed by atoms with van der Waals surface area (Å²) >= 11 is 5.32. The molecule has 0 fully saturated rings. The standard InChI is InChI=1S/C13H19BrN4S/c1-8-11(9(2)18(3)17-8)6-10(16-15)7-13-12(14)4-5-19-13/h4-5,10,16H,6-7,15H2,1-3H3. The zero-order chi connectivity index (χ0) is 14.0. The third-order valence-electron chi connectivity index (χ3n) is 3.47. The Hall–Kier alpha value is -0.690. The van der Waals surface area contributed by atoms with Crippen molar-refractivity contribution in [3.8, 4) is 0 Å². The van der Waals surface area contributed by atoms with Crippen LogP contribution in [0.1, 0.15) is 21.8 Å². The summed E-state index contributed by atoms with van der Waals surface area (Å²) in [6.45, 7) is 4.15. The van der Waals surface area contributed by atoms with E-state index >= 15 is 0 Å². The van der Waals surface area contributed by atoms with E-state index in [-0.39, 0.29) is 6.04 Å². The number of nitrogens with one attached hydrogen (secondary N) is 1. The highest BCUT2D eigenvalue weighted by Gasteiger charge is 2.17. The second-order valence-corrected chi connectivity index (χ2v) is 6.59. The molecule has 0 bridgehead atoms. The van der Waals surface area contributed by atoms with Crippen LogP contribution in [-0.2, 0) is 19.9 Å². The van der Waals surface area contributed by atoms with Gasteiger partial charge in [0.25, 0.3) is 0 Å². The lowest BCUT2D eigenvalue weighted by molar-refractivity contribution is 0.523. The SMILES string of the molecule is Cc1nn(C)c(C)c1CC(Cc1sccc1Br)NN. The molecule has 2 aromatic rings. The number of hydrazine groups is 1. The molecule has 0 aliphatic heterocycles. The monoisotopic (exact) mass is 342 g/mol. The molecule has 104 valence electrons. The topological polar surface area (TPSA) is 55.9 Å². The number of nitrogens with zero attached hydrogens (tertiary/aromatic N) is 2. The fraction of sp³-hybridized carbons (Fsp3) is 0.462. The van der Waals surface area contributed by atoms with Crippen LogP contribution in [0.15, 0.2) is 15.9 Å². The molecule has 0 amide bonds. The summed E-state index contributed by atoms with van der Waals surface area (Å²) in [5, 5.41) is 6.54. The Labute approximate surface area is 126 Å². The molecule has 0 spiro atoms. The summed E-state index contributed by atoms with van der Waals surface area (Å²) in [7, 11) is 1.98. The molecule has 3 N–H and O–H groups in total. The smallest absolute Gasteiger partial charge is 0.0628 e. The first-order valence-electron chi connectivity index (χ1n) is 6.20. The van der Waals surface area contributed by atoms with Crippen molar-refractivity contribution in [2.75, 3.05) is 0 Å². The molecule has 0 aliphatic carbocycles. The second-order valence-electron chi connectivity index (χ2n) is 4.74. The van der Waals surface area contributed by atoms with Gasteiger partial charge in [-0.1, -0.05) is 0 Å². The van der Waals surface area contributed by atoms with Gasteiger partial charge < -0.3 is 0 Å². The van der Waals surface area contributed by atoms with Gasteiger partial charge in [0.15, 0.2) is 0 Å². The van der Waals surface area contributed by atoms with Gasteiger partial charge in [-0.3, -0.25) is 16.0 Å². The largest absolute Gasteiger partial charge is 0.272 e. The van der Waals surface area contributed by atoms with E-state index in [4.69, 9.17) is 5.84 Å². The van der Waals surface area contributed by atoms with Crippen LogP contribution in [0.3, 0.4) is 0 Å². The molecule has 2 heterocycles. The maximum absolute atomic E-state index is 5.71. The number of hydrogen-bond donors (Lipinski definition) is 2. The average molecular weight is 343 g/mol. The molecule has 4 nitrogen and oxygen atoms in total. The maximum Gasteiger partial charge on any atom is 0.0628 e. The minimum Gasteiger partial charge on any atom is -0.272 e. The minimum absolute atomic E-state index is 0.219. The highest BCUT2D eigenvalue weighted by Crippen LogP contribution is 2.25. The summed E-state index contributed by atoms with van der Waals surface area (Å²) < 4.78 is 3.09. The number of halogens is 1. The van der Waals surface area contributed by atoms with Gasteiger partial charge in [0.05, 0.1) is 5.69 Å². The number of nitrogens with two attached hydrogens (primary N) is 1. The van der Waals surface area contributed by atoms with Crippen molar-refractivity contribution in [1.82, 2.24) is 15.2 Å². The van der Waals surface area contributed by atoms with Crippen LogP contribution in [0.2, 0.25) is 0 Å². The van der Waals surface area contributed by atoms with Crippen LogP contribution in [0.4, 0.5) is 0 Å². The third-order valence-corrected chi connectivity index (χ3v) is 5.42. The Balaban J connectivity index is 2.13. The predicted molar refractivity (Wildman–Crippen MR) is 83.2 cm³/mol. The minimum atomic E-state index is 0.219. The highest BCUT2D eigenvalue weighted by molar-refractivity contribution is 9.10. The molecule has 0 saturated heterocycles. The van der Waals surface area contributed by atoms with Crippen LogP contribution in [-0.4, -0.2) is 15.8 Å². The fourth-order valence-corrected chi connectivity index (χ4v) is 3.84. The van der Waals surface area contributed by atoms with Crippen LogP contribution < -0.4 is 11.3 Å². The lowest BCUT2D eigenvalue weighted by Gasteiger charge is -2.15. The fourth-order valence-electron chi connectivity index (χ4n) is 2.24. The summed E-state index contributed by atoms with van der Waals surface area (Å²) in [4.78, 5) is 1.32. The van der Waals surface area contributed by atoms with Crippen molar-refractivity contribution in [1.29, 1.82) is 0 Å². The summed E-state index contributed by atoms with van der Waals surface area (Å²) in [5.41, 5.74) is 6.52. The van der Waals surface area contributed by atoms with Crippen molar-refractivity contribution in [2.24, 2.45) is 12.9 Å². The van der Waals surface area contributed by atoms with Crippen LogP contribution in [0.5, 0.6) is 0 Å². The van der Waals surface area contributed by atoms with Crippen molar-refractivity contribution in [3.05, 3.63) is 37.7 Å². The average Bonchev–Trinajstić information content (AvgIpc) is 2.87. The number of rotatable bonds is 5. The molecule has 0 saturated carbocycles. The van der Waals surface area contributed by atoms with Crippen LogP contribution in [0.25, 0.3) is 0 Å². The van der Waals surface area contributed by atoms with Crippen molar-refractivity contribution < 1.29 is 0 Å². The van der Waals surface area contributed by atoms with Gasteiger partial charge in [0.2, 0.25) is 0 Å². The first-order valence-corrected chi connectivity index (χ1v) is 7.87. The summed E-state index contributed by atoms with van der Waals surface area (Å²) in [5.74, 6) is 5.71. The number of aromatic nitrogens is 2. The molecule has 6 heteroatoms. The van der Waals surface area contributed by atoms with Gasteiger partial charge >= 0.3 is 0 Å². The normalized spacial score (nSPS) is 12.9. The van der Waals surface area contributed by atoms with E-state index in [1.807, 2.05) is 11.7 Å². The summed E-state index contributed by atoms with van der Waals surface area (Å²) in [6, 6.07) is 2.30. The van der Waals surface area contributed by atoms with Crippen LogP contribution in [0, 0.1) is 13.8 Å². The Morgan fingerprint density at radius 2 is 2.21 bits per heavy atom. The number of hydrogen-bond acceptors (Lipinski definition) is 4. The van der Waals surface area contributed by atoms with Crippen molar-refractivity contribution in [2.45, 2.75) is 32.7 Å². The van der Waals surface area contributed by atoms with E-state index in [1.165, 1.54) is 16.1 Å². The van der Waals surface area contributed by atoms with Gasteiger partial charge in [-0.2, -0.15) is 5.10 Å². The number of thiophene rings is 1. The molecule has 0 aromatic carbocycles. The first kappa shape index (κ1) is 14.7. The molecule has 0 radical (unpaired) electrons. The Kier molecular flexibility index (Phi) is 4.78. The maximum atomic E-state index is 5.71. The molecule has 1 atom stereocenters. The van der Waals surface area contributed by atoms with E-state index < -0.39 is 0 Å². The zero-order valence-corrected chi connectivity index (χ0v) is 13.8. The molecule has 19 heavy (non-hydrogen) atoms. The van der Waals surface area contributed by atoms with E-state index in [0.717, 1.165) is 23.0 Å². The van der Waals surface area contributed by atoms with E-state index in [2.05, 4.69) is 51.7 Å².